The van der Waals surface area contributed by atoms with E-state index in [1.165, 1.54) is 18.2 Å². The molecular formula is C48H37N7O2. The molecule has 0 saturated carbocycles. The molecule has 5 aromatic carbocycles. The smallest absolute Gasteiger partial charge is 0.162 e. The van der Waals surface area contributed by atoms with E-state index in [4.69, 9.17) is 19.4 Å². The Hall–Kier alpha value is -7.39. The first-order valence-corrected chi connectivity index (χ1v) is 18.9. The Balaban J connectivity index is 1.07. The predicted molar refractivity (Wildman–Crippen MR) is 226 cm³/mol. The van der Waals surface area contributed by atoms with E-state index in [1.54, 1.807) is 0 Å². The molecule has 0 aliphatic rings. The van der Waals surface area contributed by atoms with Gasteiger partial charge in [-0.3, -0.25) is 9.13 Å². The van der Waals surface area contributed by atoms with Gasteiger partial charge in [0.1, 0.15) is 47.3 Å². The van der Waals surface area contributed by atoms with Gasteiger partial charge >= 0.3 is 0 Å². The third-order valence-electron chi connectivity index (χ3n) is 10.4. The summed E-state index contributed by atoms with van der Waals surface area (Å²) in [7, 11) is 0. The summed E-state index contributed by atoms with van der Waals surface area (Å²) < 4.78 is 17.8. The fraction of sp³-hybridized carbons (Fsp3) is 0.104. The number of hydrogen-bond donors (Lipinski definition) is 0. The van der Waals surface area contributed by atoms with Gasteiger partial charge in [0, 0.05) is 57.7 Å². The number of hydrogen-bond acceptors (Lipinski definition) is 7. The minimum atomic E-state index is -0.0313. The number of fused-ring (bicyclic) bond motifs is 6. The highest BCUT2D eigenvalue weighted by molar-refractivity contribution is 6.10. The lowest BCUT2D eigenvalue weighted by molar-refractivity contribution is 0.461. The van der Waals surface area contributed by atoms with Crippen LogP contribution >= 0.6 is 0 Å². The van der Waals surface area contributed by atoms with Crippen LogP contribution in [0, 0.1) is 6.92 Å². The van der Waals surface area contributed by atoms with Gasteiger partial charge in [-0.1, -0.05) is 57.2 Å². The number of benzene rings is 5. The van der Waals surface area contributed by atoms with Crippen molar-refractivity contribution >= 4 is 43.6 Å². The van der Waals surface area contributed by atoms with Gasteiger partial charge in [-0.05, 0) is 96.3 Å². The van der Waals surface area contributed by atoms with Gasteiger partial charge in [-0.2, -0.15) is 0 Å². The molecule has 10 aromatic rings. The summed E-state index contributed by atoms with van der Waals surface area (Å²) >= 11 is 0. The van der Waals surface area contributed by atoms with Gasteiger partial charge in [-0.15, -0.1) is 0 Å². The van der Waals surface area contributed by atoms with E-state index in [0.29, 0.717) is 28.8 Å². The number of pyridine rings is 2. The van der Waals surface area contributed by atoms with Crippen LogP contribution in [0.1, 0.15) is 31.9 Å². The van der Waals surface area contributed by atoms with Crippen molar-refractivity contribution in [1.82, 2.24) is 34.1 Å². The lowest BCUT2D eigenvalue weighted by Gasteiger charge is -2.20. The lowest BCUT2D eigenvalue weighted by Crippen LogP contribution is -2.12. The average Bonchev–Trinajstić information content (AvgIpc) is 3.73. The van der Waals surface area contributed by atoms with Crippen molar-refractivity contribution < 1.29 is 9.47 Å². The fourth-order valence-corrected chi connectivity index (χ4v) is 7.65. The Bertz CT molecular complexity index is 3140. The van der Waals surface area contributed by atoms with Crippen LogP contribution in [0.5, 0.6) is 23.0 Å². The molecule has 0 aliphatic carbocycles. The molecule has 0 atom stereocenters. The maximum absolute atomic E-state index is 6.69. The molecular weight excluding hydrogens is 707 g/mol. The standard InChI is InChI=1S/C48H37N7O2/c1-30-17-19-50-45(21-30)54-41-11-7-5-9-37(41)39-15-13-33(26-43(39)54)56-35-22-31(47-52-28-49-29-53-47)23-36(25-35)57-34-14-16-40-38-10-6-8-12-42(38)55(44(40)27-34)46-24-32(18-20-51-46)48(2,3)4/h5-29H,1-4H3. The third kappa shape index (κ3) is 6.19. The maximum Gasteiger partial charge on any atom is 0.162 e. The van der Waals surface area contributed by atoms with E-state index in [9.17, 15) is 0 Å². The molecule has 0 fully saturated rings. The van der Waals surface area contributed by atoms with Crippen molar-refractivity contribution in [3.05, 3.63) is 164 Å². The van der Waals surface area contributed by atoms with Crippen molar-refractivity contribution in [1.29, 1.82) is 0 Å². The number of nitrogens with zero attached hydrogens (tertiary/aromatic N) is 7. The summed E-state index contributed by atoms with van der Waals surface area (Å²) in [5, 5.41) is 4.50. The van der Waals surface area contributed by atoms with E-state index >= 15 is 0 Å². The van der Waals surface area contributed by atoms with Crippen LogP contribution in [0.4, 0.5) is 0 Å². The molecule has 276 valence electrons. The first-order chi connectivity index (χ1) is 27.8. The fourth-order valence-electron chi connectivity index (χ4n) is 7.65. The second-order valence-corrected chi connectivity index (χ2v) is 15.3. The van der Waals surface area contributed by atoms with Crippen LogP contribution in [0.3, 0.4) is 0 Å². The van der Waals surface area contributed by atoms with Gasteiger partial charge in [0.25, 0.3) is 0 Å². The van der Waals surface area contributed by atoms with E-state index < -0.39 is 0 Å². The van der Waals surface area contributed by atoms with Gasteiger partial charge in [0.15, 0.2) is 5.82 Å². The number of para-hydroxylation sites is 2. The highest BCUT2D eigenvalue weighted by atomic mass is 16.5. The second kappa shape index (κ2) is 13.4. The molecule has 5 heterocycles. The van der Waals surface area contributed by atoms with Crippen molar-refractivity contribution in [2.45, 2.75) is 33.1 Å². The highest BCUT2D eigenvalue weighted by Crippen LogP contribution is 2.39. The molecule has 57 heavy (non-hydrogen) atoms. The summed E-state index contributed by atoms with van der Waals surface area (Å²) in [6, 6.07) is 43.2. The summed E-state index contributed by atoms with van der Waals surface area (Å²) in [6.07, 6.45) is 6.70. The minimum Gasteiger partial charge on any atom is -0.457 e. The molecule has 0 spiro atoms. The molecule has 0 saturated heterocycles. The molecule has 9 heteroatoms. The van der Waals surface area contributed by atoms with E-state index in [0.717, 1.165) is 66.4 Å². The molecule has 0 unspecified atom stereocenters. The Kier molecular flexibility index (Phi) is 8.03. The normalized spacial score (nSPS) is 11.9. The third-order valence-corrected chi connectivity index (χ3v) is 10.4. The highest BCUT2D eigenvalue weighted by Gasteiger charge is 2.19. The quantitative estimate of drug-likeness (QED) is 0.160. The van der Waals surface area contributed by atoms with Crippen LogP contribution in [0.15, 0.2) is 152 Å². The van der Waals surface area contributed by atoms with Crippen molar-refractivity contribution in [2.24, 2.45) is 0 Å². The van der Waals surface area contributed by atoms with Crippen LogP contribution in [0.25, 0.3) is 66.6 Å². The van der Waals surface area contributed by atoms with Crippen LogP contribution in [0.2, 0.25) is 0 Å². The van der Waals surface area contributed by atoms with Crippen LogP contribution in [-0.4, -0.2) is 34.1 Å². The summed E-state index contributed by atoms with van der Waals surface area (Å²) in [6.45, 7) is 8.73. The topological polar surface area (TPSA) is 92.8 Å². The zero-order valence-corrected chi connectivity index (χ0v) is 31.9. The molecule has 0 radical (unpaired) electrons. The SMILES string of the molecule is Cc1ccnc(-n2c3ccccc3c3ccc(Oc4cc(Oc5ccc6c7ccccc7n(-c7cc(C(C)(C)C)ccn7)c6c5)cc(-c5ncncn5)c4)cc32)c1. The molecule has 0 aliphatic heterocycles. The maximum atomic E-state index is 6.69. The Labute approximate surface area is 328 Å². The monoisotopic (exact) mass is 743 g/mol. The largest absolute Gasteiger partial charge is 0.457 e. The number of ether oxygens (including phenoxy) is 2. The Morgan fingerprint density at radius 1 is 0.474 bits per heavy atom. The lowest BCUT2D eigenvalue weighted by atomic mass is 9.88. The first-order valence-electron chi connectivity index (χ1n) is 18.9. The summed E-state index contributed by atoms with van der Waals surface area (Å²) in [5.74, 6) is 4.66. The number of aryl methyl sites for hydroxylation is 1. The van der Waals surface area contributed by atoms with Gasteiger partial charge in [0.05, 0.1) is 22.1 Å². The first kappa shape index (κ1) is 34.1. The molecule has 0 bridgehead atoms. The number of aromatic nitrogens is 7. The molecule has 9 nitrogen and oxygen atoms in total. The van der Waals surface area contributed by atoms with E-state index in [-0.39, 0.29) is 5.41 Å². The number of rotatable bonds is 7. The van der Waals surface area contributed by atoms with Crippen LogP contribution in [-0.2, 0) is 5.41 Å². The molecule has 10 rings (SSSR count). The molecule has 0 N–H and O–H groups in total. The van der Waals surface area contributed by atoms with Crippen molar-refractivity contribution in [2.75, 3.05) is 0 Å². The van der Waals surface area contributed by atoms with Crippen LogP contribution < -0.4 is 9.47 Å². The van der Waals surface area contributed by atoms with Crippen molar-refractivity contribution in [3.8, 4) is 46.0 Å². The minimum absolute atomic E-state index is 0.0313. The zero-order valence-electron chi connectivity index (χ0n) is 31.9. The summed E-state index contributed by atoms with van der Waals surface area (Å²) in [5.41, 5.74) is 7.16. The van der Waals surface area contributed by atoms with Crippen molar-refractivity contribution in [3.63, 3.8) is 0 Å². The van der Waals surface area contributed by atoms with E-state index in [1.807, 2.05) is 48.8 Å². The van der Waals surface area contributed by atoms with Gasteiger partial charge in [0.2, 0.25) is 0 Å². The predicted octanol–water partition coefficient (Wildman–Crippen LogP) is 11.7. The van der Waals surface area contributed by atoms with Gasteiger partial charge < -0.3 is 9.47 Å². The second-order valence-electron chi connectivity index (χ2n) is 15.3. The molecule has 0 amide bonds. The molecule has 5 aromatic heterocycles. The Morgan fingerprint density at radius 2 is 1.00 bits per heavy atom. The van der Waals surface area contributed by atoms with E-state index in [2.05, 4.69) is 143 Å². The summed E-state index contributed by atoms with van der Waals surface area (Å²) in [4.78, 5) is 22.5. The Morgan fingerprint density at radius 3 is 1.56 bits per heavy atom. The zero-order chi connectivity index (χ0) is 38.7. The average molecular weight is 744 g/mol. The van der Waals surface area contributed by atoms with Gasteiger partial charge in [-0.25, -0.2) is 24.9 Å².